The normalized spacial score (nSPS) is 25.2. The van der Waals surface area contributed by atoms with E-state index in [1.165, 1.54) is 23.0 Å². The molecule has 1 atom stereocenters. The fourth-order valence-electron chi connectivity index (χ4n) is 4.93. The highest BCUT2D eigenvalue weighted by Crippen LogP contribution is 2.67. The van der Waals surface area contributed by atoms with Crippen LogP contribution in [0.25, 0.3) is 10.9 Å². The molecular formula is C22H19BrF4N4O. The van der Waals surface area contributed by atoms with Crippen molar-refractivity contribution in [1.82, 2.24) is 14.5 Å². The summed E-state index contributed by atoms with van der Waals surface area (Å²) in [5.74, 6) is -4.00. The zero-order valence-electron chi connectivity index (χ0n) is 17.2. The van der Waals surface area contributed by atoms with Crippen molar-refractivity contribution in [2.75, 3.05) is 5.32 Å². The Morgan fingerprint density at radius 1 is 1.25 bits per heavy atom. The number of anilines is 1. The molecule has 168 valence electrons. The molecule has 3 aliphatic carbocycles. The van der Waals surface area contributed by atoms with Crippen molar-refractivity contribution >= 4 is 32.7 Å². The second-order valence-electron chi connectivity index (χ2n) is 8.97. The number of nitrogens with one attached hydrogen (secondary N) is 1. The van der Waals surface area contributed by atoms with Crippen molar-refractivity contribution in [3.8, 4) is 0 Å². The van der Waals surface area contributed by atoms with Crippen LogP contribution >= 0.6 is 15.9 Å². The number of pyridine rings is 1. The molecule has 0 aliphatic heterocycles. The first-order valence-electron chi connectivity index (χ1n) is 10.1. The van der Waals surface area contributed by atoms with E-state index in [0.29, 0.717) is 23.6 Å². The first-order chi connectivity index (χ1) is 14.9. The summed E-state index contributed by atoms with van der Waals surface area (Å²) in [4.78, 5) is 21.3. The molecule has 0 saturated heterocycles. The Kier molecular flexibility index (Phi) is 4.51. The van der Waals surface area contributed by atoms with E-state index in [-0.39, 0.29) is 34.9 Å². The van der Waals surface area contributed by atoms with Gasteiger partial charge in [-0.3, -0.25) is 4.79 Å². The molecule has 1 aromatic carbocycles. The van der Waals surface area contributed by atoms with E-state index in [2.05, 4.69) is 31.2 Å². The van der Waals surface area contributed by atoms with E-state index in [0.717, 1.165) is 6.07 Å². The highest BCUT2D eigenvalue weighted by molar-refractivity contribution is 9.10. The van der Waals surface area contributed by atoms with Crippen LogP contribution < -0.4 is 10.9 Å². The van der Waals surface area contributed by atoms with Gasteiger partial charge in [0, 0.05) is 37.9 Å². The average molecular weight is 511 g/mol. The third-order valence-corrected chi connectivity index (χ3v) is 7.24. The molecule has 2 heterocycles. The van der Waals surface area contributed by atoms with E-state index in [1.807, 2.05) is 0 Å². The predicted octanol–water partition coefficient (Wildman–Crippen LogP) is 5.58. The second kappa shape index (κ2) is 6.76. The molecule has 2 bridgehead atoms. The molecule has 3 fully saturated rings. The molecule has 5 nitrogen and oxygen atoms in total. The minimum Gasteiger partial charge on any atom is -0.363 e. The lowest BCUT2D eigenvalue weighted by Crippen LogP contribution is -2.71. The fraction of sp³-hybridized carbons (Fsp3) is 0.409. The van der Waals surface area contributed by atoms with Crippen molar-refractivity contribution in [2.45, 2.75) is 56.3 Å². The number of alkyl halides is 3. The highest BCUT2D eigenvalue weighted by atomic mass is 79.9. The van der Waals surface area contributed by atoms with Crippen LogP contribution in [0.5, 0.6) is 0 Å². The van der Waals surface area contributed by atoms with Crippen molar-refractivity contribution < 1.29 is 17.6 Å². The number of nitrogens with zero attached hydrogens (tertiary/aromatic N) is 3. The zero-order chi connectivity index (χ0) is 23.1. The minimum absolute atomic E-state index is 0.0574. The van der Waals surface area contributed by atoms with E-state index < -0.39 is 34.6 Å². The van der Waals surface area contributed by atoms with Crippen LogP contribution in [0.2, 0.25) is 0 Å². The molecule has 1 unspecified atom stereocenters. The van der Waals surface area contributed by atoms with Crippen molar-refractivity contribution in [3.63, 3.8) is 0 Å². The maximum Gasteiger partial charge on any atom is 0.273 e. The lowest BCUT2D eigenvalue weighted by atomic mass is 9.47. The smallest absolute Gasteiger partial charge is 0.273 e. The van der Waals surface area contributed by atoms with Crippen LogP contribution in [-0.2, 0) is 11.5 Å². The van der Waals surface area contributed by atoms with Crippen molar-refractivity contribution in [2.24, 2.45) is 0 Å². The summed E-state index contributed by atoms with van der Waals surface area (Å²) >= 11 is 3.31. The molecule has 2 aromatic heterocycles. The first kappa shape index (κ1) is 21.4. The van der Waals surface area contributed by atoms with E-state index in [4.69, 9.17) is 0 Å². The number of benzene rings is 1. The van der Waals surface area contributed by atoms with Crippen LogP contribution in [0, 0.1) is 5.82 Å². The summed E-state index contributed by atoms with van der Waals surface area (Å²) < 4.78 is 58.2. The lowest BCUT2D eigenvalue weighted by Gasteiger charge is -2.66. The standard InChI is InChI=1S/C22H19BrF4N4O/c1-11(12-4-3-5-14(16(12)24)20(2,25)26)30-18-13-6-31(22-7-21(27,8-22)9-22)19(32)15(23)17(13)28-10-29-18/h3-6,10-11H,7-9H2,1-2H3,(H,28,29,30). The minimum atomic E-state index is -3.32. The molecule has 3 aliphatic rings. The maximum atomic E-state index is 14.8. The first-order valence-corrected chi connectivity index (χ1v) is 10.9. The summed E-state index contributed by atoms with van der Waals surface area (Å²) in [6, 6.07) is 3.16. The van der Waals surface area contributed by atoms with Gasteiger partial charge < -0.3 is 9.88 Å². The number of hydrogen-bond donors (Lipinski definition) is 1. The molecule has 0 spiro atoms. The van der Waals surface area contributed by atoms with Gasteiger partial charge in [-0.2, -0.15) is 0 Å². The number of hydrogen-bond acceptors (Lipinski definition) is 4. The highest BCUT2D eigenvalue weighted by Gasteiger charge is 2.70. The Balaban J connectivity index is 1.56. The number of fused-ring (bicyclic) bond motifs is 1. The number of halogens is 5. The van der Waals surface area contributed by atoms with Gasteiger partial charge in [0.2, 0.25) is 0 Å². The molecule has 3 saturated carbocycles. The predicted molar refractivity (Wildman–Crippen MR) is 115 cm³/mol. The lowest BCUT2D eigenvalue weighted by molar-refractivity contribution is -0.199. The summed E-state index contributed by atoms with van der Waals surface area (Å²) in [7, 11) is 0. The van der Waals surface area contributed by atoms with Gasteiger partial charge in [-0.05, 0) is 22.9 Å². The van der Waals surface area contributed by atoms with Gasteiger partial charge in [-0.1, -0.05) is 18.2 Å². The molecule has 32 heavy (non-hydrogen) atoms. The van der Waals surface area contributed by atoms with Crippen LogP contribution in [0.15, 0.2) is 40.0 Å². The Bertz CT molecular complexity index is 1300. The largest absolute Gasteiger partial charge is 0.363 e. The summed E-state index contributed by atoms with van der Waals surface area (Å²) in [5.41, 5.74) is -2.31. The Labute approximate surface area is 189 Å². The van der Waals surface area contributed by atoms with Crippen LogP contribution in [-0.4, -0.2) is 20.2 Å². The quantitative estimate of drug-likeness (QED) is 0.455. The van der Waals surface area contributed by atoms with Crippen LogP contribution in [0.1, 0.15) is 50.3 Å². The third kappa shape index (κ3) is 3.06. The van der Waals surface area contributed by atoms with Gasteiger partial charge >= 0.3 is 0 Å². The average Bonchev–Trinajstić information content (AvgIpc) is 2.67. The SMILES string of the molecule is CC(Nc1ncnc2c(Br)c(=O)n(C34CC(F)(C3)C4)cc12)c1cccc(C(C)(F)F)c1F. The zero-order valence-corrected chi connectivity index (χ0v) is 18.8. The summed E-state index contributed by atoms with van der Waals surface area (Å²) in [5, 5.41) is 3.54. The third-order valence-electron chi connectivity index (χ3n) is 6.53. The van der Waals surface area contributed by atoms with Gasteiger partial charge in [0.25, 0.3) is 11.5 Å². The Morgan fingerprint density at radius 2 is 1.94 bits per heavy atom. The molecule has 3 aromatic rings. The number of rotatable bonds is 5. The van der Waals surface area contributed by atoms with Gasteiger partial charge in [0.15, 0.2) is 0 Å². The molecule has 0 radical (unpaired) electrons. The molecule has 10 heteroatoms. The maximum absolute atomic E-state index is 14.8. The van der Waals surface area contributed by atoms with Gasteiger partial charge in [-0.15, -0.1) is 0 Å². The fourth-order valence-corrected chi connectivity index (χ4v) is 5.44. The molecular weight excluding hydrogens is 492 g/mol. The van der Waals surface area contributed by atoms with Crippen molar-refractivity contribution in [1.29, 1.82) is 0 Å². The van der Waals surface area contributed by atoms with Crippen LogP contribution in [0.3, 0.4) is 0 Å². The van der Waals surface area contributed by atoms with E-state index in [1.54, 1.807) is 13.1 Å². The van der Waals surface area contributed by atoms with Gasteiger partial charge in [-0.25, -0.2) is 27.5 Å². The number of aromatic nitrogens is 3. The van der Waals surface area contributed by atoms with E-state index in [9.17, 15) is 22.4 Å². The second-order valence-corrected chi connectivity index (χ2v) is 9.76. The van der Waals surface area contributed by atoms with E-state index >= 15 is 0 Å². The summed E-state index contributed by atoms with van der Waals surface area (Å²) in [6.45, 7) is 2.28. The molecule has 0 amide bonds. The monoisotopic (exact) mass is 510 g/mol. The topological polar surface area (TPSA) is 59.8 Å². The van der Waals surface area contributed by atoms with Gasteiger partial charge in [0.1, 0.15) is 28.1 Å². The Morgan fingerprint density at radius 3 is 2.56 bits per heavy atom. The van der Waals surface area contributed by atoms with Crippen LogP contribution in [0.4, 0.5) is 23.4 Å². The molecule has 6 rings (SSSR count). The van der Waals surface area contributed by atoms with Gasteiger partial charge in [0.05, 0.1) is 28.0 Å². The molecule has 1 N–H and O–H groups in total. The van der Waals surface area contributed by atoms with Crippen molar-refractivity contribution in [3.05, 3.63) is 62.5 Å². The Hall–Kier alpha value is -2.49. The summed E-state index contributed by atoms with van der Waals surface area (Å²) in [6.07, 6.45) is 3.72.